The summed E-state index contributed by atoms with van der Waals surface area (Å²) in [5.74, 6) is 1.39. The molecule has 8 heteroatoms. The number of fused-ring (bicyclic) bond motifs is 3. The molecule has 3 heterocycles. The lowest BCUT2D eigenvalue weighted by Crippen LogP contribution is -2.15. The van der Waals surface area contributed by atoms with Crippen molar-refractivity contribution in [3.63, 3.8) is 0 Å². The molecule has 0 unspecified atom stereocenters. The SMILES string of the molecule is CC(C)n1cnnc1S[C@H](C)c1nc2sc3c(c2c(=O)[nH]1)CC[C@H](C)C3. The second kappa shape index (κ2) is 6.81. The standard InChI is InChI=1S/C18H23N5OS2/c1-9(2)23-8-19-22-18(23)25-11(4)15-20-16(24)14-12-6-5-10(3)7-13(12)26-17(14)21-15/h8-11H,5-7H2,1-4H3,(H,20,21,24)/t10-,11+/m0/s1. The van der Waals surface area contributed by atoms with Crippen LogP contribution in [0.5, 0.6) is 0 Å². The molecule has 3 aromatic heterocycles. The predicted molar refractivity (Wildman–Crippen MR) is 106 cm³/mol. The van der Waals surface area contributed by atoms with E-state index in [9.17, 15) is 4.79 Å². The first-order valence-electron chi connectivity index (χ1n) is 9.04. The van der Waals surface area contributed by atoms with Crippen molar-refractivity contribution in [3.8, 4) is 0 Å². The van der Waals surface area contributed by atoms with Gasteiger partial charge in [-0.3, -0.25) is 4.79 Å². The number of H-pyrrole nitrogens is 1. The highest BCUT2D eigenvalue weighted by atomic mass is 32.2. The number of thiophene rings is 1. The second-order valence-electron chi connectivity index (χ2n) is 7.36. The highest BCUT2D eigenvalue weighted by molar-refractivity contribution is 7.99. The zero-order valence-electron chi connectivity index (χ0n) is 15.4. The van der Waals surface area contributed by atoms with Crippen LogP contribution in [0.2, 0.25) is 0 Å². The minimum atomic E-state index is -0.00754. The number of aromatic amines is 1. The molecule has 26 heavy (non-hydrogen) atoms. The average Bonchev–Trinajstić information content (AvgIpc) is 3.18. The van der Waals surface area contributed by atoms with Crippen LogP contribution in [0.1, 0.15) is 61.7 Å². The van der Waals surface area contributed by atoms with E-state index in [2.05, 4.69) is 36.0 Å². The Labute approximate surface area is 160 Å². The van der Waals surface area contributed by atoms with Crippen LogP contribution in [-0.2, 0) is 12.8 Å². The third kappa shape index (κ3) is 3.09. The van der Waals surface area contributed by atoms with Crippen molar-refractivity contribution in [3.05, 3.63) is 32.9 Å². The summed E-state index contributed by atoms with van der Waals surface area (Å²) in [7, 11) is 0. The first-order chi connectivity index (χ1) is 12.4. The topological polar surface area (TPSA) is 76.5 Å². The van der Waals surface area contributed by atoms with Crippen molar-refractivity contribution < 1.29 is 0 Å². The normalized spacial score (nSPS) is 18.4. The van der Waals surface area contributed by atoms with Gasteiger partial charge in [0.05, 0.1) is 10.6 Å². The Morgan fingerprint density at radius 1 is 1.38 bits per heavy atom. The van der Waals surface area contributed by atoms with Crippen molar-refractivity contribution in [2.45, 2.75) is 63.4 Å². The molecule has 1 aliphatic carbocycles. The molecule has 0 spiro atoms. The van der Waals surface area contributed by atoms with Gasteiger partial charge < -0.3 is 9.55 Å². The van der Waals surface area contributed by atoms with E-state index in [-0.39, 0.29) is 10.8 Å². The van der Waals surface area contributed by atoms with E-state index in [0.29, 0.717) is 17.8 Å². The summed E-state index contributed by atoms with van der Waals surface area (Å²) < 4.78 is 2.03. The Bertz CT molecular complexity index is 1000. The molecule has 4 rings (SSSR count). The Morgan fingerprint density at radius 3 is 2.96 bits per heavy atom. The van der Waals surface area contributed by atoms with Crippen LogP contribution in [0.25, 0.3) is 10.2 Å². The molecular formula is C18H23N5OS2. The number of rotatable bonds is 4. The number of hydrogen-bond donors (Lipinski definition) is 1. The van der Waals surface area contributed by atoms with E-state index in [0.717, 1.165) is 34.6 Å². The fourth-order valence-corrected chi connectivity index (χ4v) is 5.85. The molecule has 0 aliphatic heterocycles. The fourth-order valence-electron chi connectivity index (χ4n) is 3.44. The maximum absolute atomic E-state index is 12.8. The summed E-state index contributed by atoms with van der Waals surface area (Å²) >= 11 is 3.26. The molecule has 3 aromatic rings. The quantitative estimate of drug-likeness (QED) is 0.679. The minimum Gasteiger partial charge on any atom is -0.309 e. The molecule has 0 saturated carbocycles. The van der Waals surface area contributed by atoms with Crippen LogP contribution in [0, 0.1) is 5.92 Å². The molecule has 0 amide bonds. The number of nitrogens with zero attached hydrogens (tertiary/aromatic N) is 4. The molecule has 0 aromatic carbocycles. The third-order valence-corrected chi connectivity index (χ3v) is 7.18. The number of hydrogen-bond acceptors (Lipinski definition) is 6. The molecule has 0 radical (unpaired) electrons. The summed E-state index contributed by atoms with van der Waals surface area (Å²) in [5, 5.41) is 9.86. The minimum absolute atomic E-state index is 0.00479. The van der Waals surface area contributed by atoms with E-state index in [1.54, 1.807) is 29.4 Å². The van der Waals surface area contributed by atoms with E-state index in [1.165, 1.54) is 10.4 Å². The van der Waals surface area contributed by atoms with Crippen molar-refractivity contribution in [2.24, 2.45) is 5.92 Å². The molecule has 138 valence electrons. The Morgan fingerprint density at radius 2 is 2.19 bits per heavy atom. The van der Waals surface area contributed by atoms with Gasteiger partial charge in [-0.2, -0.15) is 0 Å². The number of aromatic nitrogens is 5. The number of aryl methyl sites for hydroxylation is 1. The summed E-state index contributed by atoms with van der Waals surface area (Å²) in [6, 6.07) is 0.292. The highest BCUT2D eigenvalue weighted by Gasteiger charge is 2.24. The third-order valence-electron chi connectivity index (χ3n) is 4.95. The van der Waals surface area contributed by atoms with Gasteiger partial charge in [-0.1, -0.05) is 18.7 Å². The van der Waals surface area contributed by atoms with Gasteiger partial charge >= 0.3 is 0 Å². The summed E-state index contributed by atoms with van der Waals surface area (Å²) in [4.78, 5) is 22.8. The van der Waals surface area contributed by atoms with E-state index in [4.69, 9.17) is 4.98 Å². The van der Waals surface area contributed by atoms with E-state index >= 15 is 0 Å². The van der Waals surface area contributed by atoms with Gasteiger partial charge in [0.15, 0.2) is 5.16 Å². The Kier molecular flexibility index (Phi) is 4.64. The first-order valence-corrected chi connectivity index (χ1v) is 10.7. The second-order valence-corrected chi connectivity index (χ2v) is 9.75. The van der Waals surface area contributed by atoms with Crippen molar-refractivity contribution >= 4 is 33.3 Å². The molecule has 0 saturated heterocycles. The number of nitrogens with one attached hydrogen (secondary N) is 1. The van der Waals surface area contributed by atoms with Gasteiger partial charge in [0.1, 0.15) is 17.0 Å². The van der Waals surface area contributed by atoms with Gasteiger partial charge in [-0.05, 0) is 51.5 Å². The summed E-state index contributed by atoms with van der Waals surface area (Å²) in [5.41, 5.74) is 1.22. The molecule has 0 bridgehead atoms. The molecule has 2 atom stereocenters. The van der Waals surface area contributed by atoms with Crippen LogP contribution in [0.4, 0.5) is 0 Å². The van der Waals surface area contributed by atoms with Crippen molar-refractivity contribution in [1.29, 1.82) is 0 Å². The molecule has 1 aliphatic rings. The maximum Gasteiger partial charge on any atom is 0.259 e. The highest BCUT2D eigenvalue weighted by Crippen LogP contribution is 2.37. The molecular weight excluding hydrogens is 366 g/mol. The van der Waals surface area contributed by atoms with Gasteiger partial charge in [-0.25, -0.2) is 4.98 Å². The zero-order valence-corrected chi connectivity index (χ0v) is 17.1. The lowest BCUT2D eigenvalue weighted by atomic mass is 9.89. The smallest absolute Gasteiger partial charge is 0.259 e. The molecule has 6 nitrogen and oxygen atoms in total. The van der Waals surface area contributed by atoms with Crippen LogP contribution >= 0.6 is 23.1 Å². The van der Waals surface area contributed by atoms with Gasteiger partial charge in [0.25, 0.3) is 5.56 Å². The average molecular weight is 390 g/mol. The first kappa shape index (κ1) is 17.7. The largest absolute Gasteiger partial charge is 0.309 e. The molecule has 0 fully saturated rings. The van der Waals surface area contributed by atoms with Crippen molar-refractivity contribution in [2.75, 3.05) is 0 Å². The predicted octanol–water partition coefficient (Wildman–Crippen LogP) is 4.14. The van der Waals surface area contributed by atoms with Gasteiger partial charge in [0.2, 0.25) is 0 Å². The maximum atomic E-state index is 12.8. The van der Waals surface area contributed by atoms with E-state index in [1.807, 2.05) is 11.5 Å². The van der Waals surface area contributed by atoms with Gasteiger partial charge in [0, 0.05) is 10.9 Å². The summed E-state index contributed by atoms with van der Waals surface area (Å²) in [6.45, 7) is 8.52. The Hall–Kier alpha value is -1.67. The fraction of sp³-hybridized carbons (Fsp3) is 0.556. The van der Waals surface area contributed by atoms with Crippen molar-refractivity contribution in [1.82, 2.24) is 24.7 Å². The van der Waals surface area contributed by atoms with E-state index < -0.39 is 0 Å². The number of thioether (sulfide) groups is 1. The van der Waals surface area contributed by atoms with Crippen LogP contribution < -0.4 is 5.56 Å². The van der Waals surface area contributed by atoms with Crippen LogP contribution in [-0.4, -0.2) is 24.7 Å². The molecule has 1 N–H and O–H groups in total. The van der Waals surface area contributed by atoms with Gasteiger partial charge in [-0.15, -0.1) is 21.5 Å². The summed E-state index contributed by atoms with van der Waals surface area (Å²) in [6.07, 6.45) is 4.94. The van der Waals surface area contributed by atoms with Crippen LogP contribution in [0.3, 0.4) is 0 Å². The Balaban J connectivity index is 1.69. The van der Waals surface area contributed by atoms with Crippen LogP contribution in [0.15, 0.2) is 16.3 Å². The zero-order chi connectivity index (χ0) is 18.4. The lowest BCUT2D eigenvalue weighted by Gasteiger charge is -2.17. The monoisotopic (exact) mass is 389 g/mol. The lowest BCUT2D eigenvalue weighted by molar-refractivity contribution is 0.509.